The van der Waals surface area contributed by atoms with Crippen LogP contribution in [0.25, 0.3) is 0 Å². The van der Waals surface area contributed by atoms with E-state index < -0.39 is 0 Å². The van der Waals surface area contributed by atoms with Crippen molar-refractivity contribution in [3.8, 4) is 0 Å². The highest BCUT2D eigenvalue weighted by molar-refractivity contribution is 9.10. The lowest BCUT2D eigenvalue weighted by atomic mass is 10.1. The Labute approximate surface area is 103 Å². The highest BCUT2D eigenvalue weighted by Crippen LogP contribution is 2.23. The minimum Gasteiger partial charge on any atom is -0.376 e. The third kappa shape index (κ3) is 2.62. The summed E-state index contributed by atoms with van der Waals surface area (Å²) in [7, 11) is 0. The molecule has 1 aromatic heterocycles. The molecule has 0 radical (unpaired) electrons. The van der Waals surface area contributed by atoms with Crippen LogP contribution < -0.4 is 11.1 Å². The van der Waals surface area contributed by atoms with Crippen LogP contribution in [0.5, 0.6) is 0 Å². The van der Waals surface area contributed by atoms with Crippen LogP contribution in [-0.2, 0) is 4.74 Å². The Morgan fingerprint density at radius 2 is 2.50 bits per heavy atom. The summed E-state index contributed by atoms with van der Waals surface area (Å²) in [6.45, 7) is 2.94. The normalized spacial score (nSPS) is 22.0. The fraction of sp³-hybridized carbons (Fsp3) is 0.600. The van der Waals surface area contributed by atoms with E-state index in [1.165, 1.54) is 0 Å². The third-order valence-corrected chi connectivity index (χ3v) is 3.23. The minimum atomic E-state index is 0.216. The van der Waals surface area contributed by atoms with Gasteiger partial charge in [-0.1, -0.05) is 0 Å². The summed E-state index contributed by atoms with van der Waals surface area (Å²) in [5.41, 5.74) is 5.54. The summed E-state index contributed by atoms with van der Waals surface area (Å²) in [5.74, 6) is 0.987. The molecule has 2 rings (SSSR count). The number of hydrogen-bond donors (Lipinski definition) is 2. The molecule has 6 heteroatoms. The Bertz CT molecular complexity index is 368. The van der Waals surface area contributed by atoms with Crippen LogP contribution >= 0.6 is 15.9 Å². The Hall–Kier alpha value is -0.880. The Morgan fingerprint density at radius 3 is 3.19 bits per heavy atom. The summed E-state index contributed by atoms with van der Waals surface area (Å²) < 4.78 is 6.42. The van der Waals surface area contributed by atoms with E-state index in [0.29, 0.717) is 0 Å². The second-order valence-corrected chi connectivity index (χ2v) is 4.76. The second-order valence-electron chi connectivity index (χ2n) is 3.91. The van der Waals surface area contributed by atoms with Crippen molar-refractivity contribution >= 4 is 27.7 Å². The first-order valence-corrected chi connectivity index (χ1v) is 6.12. The molecule has 3 N–H and O–H groups in total. The minimum absolute atomic E-state index is 0.216. The SMILES string of the molecule is CC(Nc1nc(N)ncc1Br)C1CCCO1. The van der Waals surface area contributed by atoms with Crippen molar-refractivity contribution < 1.29 is 4.74 Å². The molecule has 2 heterocycles. The quantitative estimate of drug-likeness (QED) is 0.886. The zero-order valence-electron chi connectivity index (χ0n) is 9.11. The maximum absolute atomic E-state index is 5.60. The van der Waals surface area contributed by atoms with Gasteiger partial charge in [0.2, 0.25) is 5.95 Å². The van der Waals surface area contributed by atoms with Gasteiger partial charge in [0, 0.05) is 12.8 Å². The molecule has 0 spiro atoms. The van der Waals surface area contributed by atoms with E-state index in [1.54, 1.807) is 6.20 Å². The van der Waals surface area contributed by atoms with Crippen molar-refractivity contribution in [3.63, 3.8) is 0 Å². The first kappa shape index (κ1) is 11.6. The molecule has 16 heavy (non-hydrogen) atoms. The first-order valence-electron chi connectivity index (χ1n) is 5.33. The molecule has 0 aromatic carbocycles. The summed E-state index contributed by atoms with van der Waals surface area (Å²) in [6.07, 6.45) is 4.12. The van der Waals surface area contributed by atoms with Crippen LogP contribution in [0, 0.1) is 0 Å². The summed E-state index contributed by atoms with van der Waals surface area (Å²) >= 11 is 3.38. The summed E-state index contributed by atoms with van der Waals surface area (Å²) in [6, 6.07) is 0.216. The van der Waals surface area contributed by atoms with Gasteiger partial charge in [0.25, 0.3) is 0 Å². The van der Waals surface area contributed by atoms with E-state index in [9.17, 15) is 0 Å². The molecule has 1 aliphatic rings. The average molecular weight is 287 g/mol. The molecule has 1 aromatic rings. The molecule has 1 fully saturated rings. The maximum Gasteiger partial charge on any atom is 0.221 e. The molecule has 0 aliphatic carbocycles. The van der Waals surface area contributed by atoms with Crippen LogP contribution in [0.2, 0.25) is 0 Å². The number of rotatable bonds is 3. The largest absolute Gasteiger partial charge is 0.376 e. The van der Waals surface area contributed by atoms with E-state index in [2.05, 4.69) is 38.1 Å². The van der Waals surface area contributed by atoms with Crippen molar-refractivity contribution in [2.45, 2.75) is 31.9 Å². The lowest BCUT2D eigenvalue weighted by molar-refractivity contribution is 0.0995. The molecule has 2 unspecified atom stereocenters. The second kappa shape index (κ2) is 4.97. The van der Waals surface area contributed by atoms with E-state index in [4.69, 9.17) is 10.5 Å². The van der Waals surface area contributed by atoms with E-state index in [-0.39, 0.29) is 18.1 Å². The lowest BCUT2D eigenvalue weighted by Crippen LogP contribution is -2.30. The van der Waals surface area contributed by atoms with Gasteiger partial charge >= 0.3 is 0 Å². The van der Waals surface area contributed by atoms with Gasteiger partial charge in [-0.3, -0.25) is 0 Å². The lowest BCUT2D eigenvalue weighted by Gasteiger charge is -2.21. The number of halogens is 1. The summed E-state index contributed by atoms with van der Waals surface area (Å²) in [5, 5.41) is 3.29. The fourth-order valence-corrected chi connectivity index (χ4v) is 2.09. The van der Waals surface area contributed by atoms with Crippen LogP contribution in [0.1, 0.15) is 19.8 Å². The molecule has 2 atom stereocenters. The smallest absolute Gasteiger partial charge is 0.221 e. The molecular weight excluding hydrogens is 272 g/mol. The number of aromatic nitrogens is 2. The van der Waals surface area contributed by atoms with Gasteiger partial charge in [-0.15, -0.1) is 0 Å². The Kier molecular flexibility index (Phi) is 3.60. The topological polar surface area (TPSA) is 73.1 Å². The molecule has 0 amide bonds. The molecule has 0 saturated carbocycles. The first-order chi connectivity index (χ1) is 7.66. The third-order valence-electron chi connectivity index (χ3n) is 2.65. The van der Waals surface area contributed by atoms with Crippen LogP contribution in [0.15, 0.2) is 10.7 Å². The van der Waals surface area contributed by atoms with Crippen LogP contribution in [0.3, 0.4) is 0 Å². The number of nitrogens with zero attached hydrogens (tertiary/aromatic N) is 2. The van der Waals surface area contributed by atoms with Gasteiger partial charge in [-0.2, -0.15) is 4.98 Å². The number of nitrogens with two attached hydrogens (primary N) is 1. The number of nitrogen functional groups attached to an aromatic ring is 1. The predicted octanol–water partition coefficient (Wildman–Crippen LogP) is 1.80. The molecule has 1 saturated heterocycles. The number of nitrogens with one attached hydrogen (secondary N) is 1. The Balaban J connectivity index is 2.04. The Morgan fingerprint density at radius 1 is 1.69 bits per heavy atom. The molecular formula is C10H15BrN4O. The highest BCUT2D eigenvalue weighted by Gasteiger charge is 2.23. The monoisotopic (exact) mass is 286 g/mol. The van der Waals surface area contributed by atoms with Gasteiger partial charge in [0.1, 0.15) is 5.82 Å². The van der Waals surface area contributed by atoms with E-state index in [0.717, 1.165) is 29.7 Å². The predicted molar refractivity (Wildman–Crippen MR) is 66.2 cm³/mol. The zero-order valence-corrected chi connectivity index (χ0v) is 10.7. The van der Waals surface area contributed by atoms with Gasteiger partial charge < -0.3 is 15.8 Å². The summed E-state index contributed by atoms with van der Waals surface area (Å²) in [4.78, 5) is 8.03. The van der Waals surface area contributed by atoms with Gasteiger partial charge in [0.05, 0.1) is 16.6 Å². The maximum atomic E-state index is 5.60. The van der Waals surface area contributed by atoms with Crippen molar-refractivity contribution in [1.82, 2.24) is 9.97 Å². The highest BCUT2D eigenvalue weighted by atomic mass is 79.9. The molecule has 0 bridgehead atoms. The van der Waals surface area contributed by atoms with Gasteiger partial charge in [-0.25, -0.2) is 4.98 Å². The van der Waals surface area contributed by atoms with Gasteiger partial charge in [0.15, 0.2) is 0 Å². The van der Waals surface area contributed by atoms with Gasteiger partial charge in [-0.05, 0) is 35.7 Å². The molecule has 88 valence electrons. The van der Waals surface area contributed by atoms with Crippen LogP contribution in [0.4, 0.5) is 11.8 Å². The fourth-order valence-electron chi connectivity index (χ4n) is 1.79. The number of hydrogen-bond acceptors (Lipinski definition) is 5. The molecule has 1 aliphatic heterocycles. The van der Waals surface area contributed by atoms with Crippen molar-refractivity contribution in [2.75, 3.05) is 17.7 Å². The van der Waals surface area contributed by atoms with E-state index >= 15 is 0 Å². The average Bonchev–Trinajstić information content (AvgIpc) is 2.76. The van der Waals surface area contributed by atoms with Crippen molar-refractivity contribution in [1.29, 1.82) is 0 Å². The van der Waals surface area contributed by atoms with Crippen molar-refractivity contribution in [3.05, 3.63) is 10.7 Å². The standard InChI is InChI=1S/C10H15BrN4O/c1-6(8-3-2-4-16-8)14-9-7(11)5-13-10(12)15-9/h5-6,8H,2-4H2,1H3,(H3,12,13,14,15). The molecule has 5 nitrogen and oxygen atoms in total. The number of ether oxygens (including phenoxy) is 1. The van der Waals surface area contributed by atoms with E-state index in [1.807, 2.05) is 0 Å². The van der Waals surface area contributed by atoms with Crippen LogP contribution in [-0.4, -0.2) is 28.7 Å². The number of anilines is 2. The van der Waals surface area contributed by atoms with Crippen molar-refractivity contribution in [2.24, 2.45) is 0 Å². The zero-order chi connectivity index (χ0) is 11.5.